The van der Waals surface area contributed by atoms with E-state index in [1.807, 2.05) is 49.4 Å². The van der Waals surface area contributed by atoms with Crippen LogP contribution in [-0.4, -0.2) is 12.5 Å². The highest BCUT2D eigenvalue weighted by Gasteiger charge is 2.07. The second-order valence-electron chi connectivity index (χ2n) is 4.76. The van der Waals surface area contributed by atoms with Crippen molar-refractivity contribution in [3.05, 3.63) is 58.1 Å². The molecule has 2 aromatic carbocycles. The Hall–Kier alpha value is -1.81. The zero-order chi connectivity index (χ0) is 15.2. The van der Waals surface area contributed by atoms with E-state index >= 15 is 0 Å². The van der Waals surface area contributed by atoms with E-state index in [1.165, 1.54) is 0 Å². The molecule has 1 amide bonds. The molecule has 110 valence electrons. The molecule has 0 bridgehead atoms. The summed E-state index contributed by atoms with van der Waals surface area (Å²) in [5.41, 5.74) is 2.95. The van der Waals surface area contributed by atoms with Gasteiger partial charge in [-0.1, -0.05) is 41.1 Å². The van der Waals surface area contributed by atoms with E-state index in [9.17, 15) is 4.79 Å². The SMILES string of the molecule is CCc1ccccc1OCC(=O)Nc1ccc(Br)c(C)c1. The fourth-order valence-corrected chi connectivity index (χ4v) is 2.25. The van der Waals surface area contributed by atoms with Crippen molar-refractivity contribution in [2.45, 2.75) is 20.3 Å². The molecule has 0 saturated heterocycles. The highest BCUT2D eigenvalue weighted by Crippen LogP contribution is 2.20. The van der Waals surface area contributed by atoms with Gasteiger partial charge in [0.1, 0.15) is 5.75 Å². The fourth-order valence-electron chi connectivity index (χ4n) is 2.00. The van der Waals surface area contributed by atoms with Gasteiger partial charge in [-0.2, -0.15) is 0 Å². The Morgan fingerprint density at radius 2 is 2.00 bits per heavy atom. The van der Waals surface area contributed by atoms with Gasteiger partial charge in [-0.15, -0.1) is 0 Å². The van der Waals surface area contributed by atoms with Crippen LogP contribution in [0, 0.1) is 6.92 Å². The first kappa shape index (κ1) is 15.6. The lowest BCUT2D eigenvalue weighted by atomic mass is 10.1. The van der Waals surface area contributed by atoms with Gasteiger partial charge in [0.15, 0.2) is 6.61 Å². The number of benzene rings is 2. The van der Waals surface area contributed by atoms with Crippen molar-refractivity contribution in [3.63, 3.8) is 0 Å². The summed E-state index contributed by atoms with van der Waals surface area (Å²) in [4.78, 5) is 11.9. The molecule has 0 aliphatic carbocycles. The highest BCUT2D eigenvalue weighted by atomic mass is 79.9. The monoisotopic (exact) mass is 347 g/mol. The van der Waals surface area contributed by atoms with Gasteiger partial charge in [0.25, 0.3) is 5.91 Å². The average molecular weight is 348 g/mol. The van der Waals surface area contributed by atoms with E-state index in [-0.39, 0.29) is 12.5 Å². The molecule has 0 heterocycles. The molecule has 0 aliphatic heterocycles. The summed E-state index contributed by atoms with van der Waals surface area (Å²) in [6.07, 6.45) is 0.879. The topological polar surface area (TPSA) is 38.3 Å². The second kappa shape index (κ2) is 7.27. The first-order chi connectivity index (χ1) is 10.1. The number of nitrogens with one attached hydrogen (secondary N) is 1. The second-order valence-corrected chi connectivity index (χ2v) is 5.62. The summed E-state index contributed by atoms with van der Waals surface area (Å²) < 4.78 is 6.62. The largest absolute Gasteiger partial charge is 0.483 e. The predicted molar refractivity (Wildman–Crippen MR) is 88.8 cm³/mol. The minimum atomic E-state index is -0.164. The molecule has 1 N–H and O–H groups in total. The number of aryl methyl sites for hydroxylation is 2. The molecule has 0 aliphatic rings. The zero-order valence-corrected chi connectivity index (χ0v) is 13.7. The molecule has 2 rings (SSSR count). The van der Waals surface area contributed by atoms with Gasteiger partial charge in [-0.05, 0) is 48.7 Å². The first-order valence-corrected chi connectivity index (χ1v) is 7.66. The molecular weight excluding hydrogens is 330 g/mol. The van der Waals surface area contributed by atoms with E-state index in [0.29, 0.717) is 0 Å². The van der Waals surface area contributed by atoms with Gasteiger partial charge in [-0.25, -0.2) is 0 Å². The summed E-state index contributed by atoms with van der Waals surface area (Å²) in [6.45, 7) is 4.05. The normalized spacial score (nSPS) is 10.2. The van der Waals surface area contributed by atoms with Crippen molar-refractivity contribution in [3.8, 4) is 5.75 Å². The Bertz CT molecular complexity index is 640. The molecule has 0 saturated carbocycles. The molecule has 0 spiro atoms. The first-order valence-electron chi connectivity index (χ1n) is 6.87. The molecule has 21 heavy (non-hydrogen) atoms. The van der Waals surface area contributed by atoms with Crippen LogP contribution < -0.4 is 10.1 Å². The van der Waals surface area contributed by atoms with E-state index in [1.54, 1.807) is 0 Å². The quantitative estimate of drug-likeness (QED) is 0.873. The predicted octanol–water partition coefficient (Wildman–Crippen LogP) is 4.34. The summed E-state index contributed by atoms with van der Waals surface area (Å²) in [6, 6.07) is 13.5. The van der Waals surface area contributed by atoms with E-state index in [4.69, 9.17) is 4.74 Å². The number of para-hydroxylation sites is 1. The third-order valence-corrected chi connectivity index (χ3v) is 4.04. The van der Waals surface area contributed by atoms with Crippen LogP contribution in [0.5, 0.6) is 5.75 Å². The summed E-state index contributed by atoms with van der Waals surface area (Å²) >= 11 is 3.44. The maximum Gasteiger partial charge on any atom is 0.262 e. The van der Waals surface area contributed by atoms with Gasteiger partial charge < -0.3 is 10.1 Å². The number of amides is 1. The van der Waals surface area contributed by atoms with Crippen LogP contribution in [0.4, 0.5) is 5.69 Å². The highest BCUT2D eigenvalue weighted by molar-refractivity contribution is 9.10. The number of hydrogen-bond acceptors (Lipinski definition) is 2. The lowest BCUT2D eigenvalue weighted by molar-refractivity contribution is -0.118. The Kier molecular flexibility index (Phi) is 5.39. The maximum absolute atomic E-state index is 11.9. The van der Waals surface area contributed by atoms with E-state index < -0.39 is 0 Å². The lowest BCUT2D eigenvalue weighted by Crippen LogP contribution is -2.20. The number of carbonyl (C=O) groups is 1. The summed E-state index contributed by atoms with van der Waals surface area (Å²) in [5, 5.41) is 2.83. The van der Waals surface area contributed by atoms with Crippen molar-refractivity contribution in [2.24, 2.45) is 0 Å². The van der Waals surface area contributed by atoms with Crippen LogP contribution in [0.25, 0.3) is 0 Å². The van der Waals surface area contributed by atoms with E-state index in [2.05, 4.69) is 28.2 Å². The molecule has 4 heteroatoms. The van der Waals surface area contributed by atoms with Crippen molar-refractivity contribution in [1.82, 2.24) is 0 Å². The van der Waals surface area contributed by atoms with Gasteiger partial charge in [-0.3, -0.25) is 4.79 Å². The molecule has 0 aromatic heterocycles. The number of ether oxygens (including phenoxy) is 1. The van der Waals surface area contributed by atoms with Crippen LogP contribution in [0.3, 0.4) is 0 Å². The van der Waals surface area contributed by atoms with Gasteiger partial charge in [0, 0.05) is 10.2 Å². The molecule has 0 unspecified atom stereocenters. The van der Waals surface area contributed by atoms with Gasteiger partial charge >= 0.3 is 0 Å². The molecule has 0 radical (unpaired) electrons. The van der Waals surface area contributed by atoms with Crippen molar-refractivity contribution in [1.29, 1.82) is 0 Å². The maximum atomic E-state index is 11.9. The zero-order valence-electron chi connectivity index (χ0n) is 12.2. The Morgan fingerprint density at radius 1 is 1.24 bits per heavy atom. The Morgan fingerprint density at radius 3 is 2.71 bits per heavy atom. The summed E-state index contributed by atoms with van der Waals surface area (Å²) in [5.74, 6) is 0.602. The average Bonchev–Trinajstić information content (AvgIpc) is 2.49. The smallest absolute Gasteiger partial charge is 0.262 e. The Balaban J connectivity index is 1.94. The minimum absolute atomic E-state index is 0.00608. The van der Waals surface area contributed by atoms with Gasteiger partial charge in [0.05, 0.1) is 0 Å². The van der Waals surface area contributed by atoms with Crippen molar-refractivity contribution in [2.75, 3.05) is 11.9 Å². The van der Waals surface area contributed by atoms with Crippen LogP contribution in [0.1, 0.15) is 18.1 Å². The number of halogens is 1. The number of rotatable bonds is 5. The van der Waals surface area contributed by atoms with E-state index in [0.717, 1.165) is 33.5 Å². The van der Waals surface area contributed by atoms with Gasteiger partial charge in [0.2, 0.25) is 0 Å². The minimum Gasteiger partial charge on any atom is -0.483 e. The number of hydrogen-bond donors (Lipinski definition) is 1. The van der Waals surface area contributed by atoms with Crippen molar-refractivity contribution < 1.29 is 9.53 Å². The van der Waals surface area contributed by atoms with Crippen LogP contribution in [-0.2, 0) is 11.2 Å². The summed E-state index contributed by atoms with van der Waals surface area (Å²) in [7, 11) is 0. The van der Waals surface area contributed by atoms with Crippen molar-refractivity contribution >= 4 is 27.5 Å². The third kappa shape index (κ3) is 4.33. The number of anilines is 1. The Labute approximate surface area is 133 Å². The van der Waals surface area contributed by atoms with Crippen LogP contribution in [0.15, 0.2) is 46.9 Å². The molecule has 0 fully saturated rings. The third-order valence-electron chi connectivity index (χ3n) is 3.15. The standard InChI is InChI=1S/C17H18BrNO2/c1-3-13-6-4-5-7-16(13)21-11-17(20)19-14-8-9-15(18)12(2)10-14/h4-10H,3,11H2,1-2H3,(H,19,20). The molecule has 0 atom stereocenters. The lowest BCUT2D eigenvalue weighted by Gasteiger charge is -2.11. The van der Waals surface area contributed by atoms with Crippen LogP contribution in [0.2, 0.25) is 0 Å². The van der Waals surface area contributed by atoms with Crippen LogP contribution >= 0.6 is 15.9 Å². The molecular formula is C17H18BrNO2. The number of carbonyl (C=O) groups excluding carboxylic acids is 1. The molecule has 3 nitrogen and oxygen atoms in total. The molecule has 2 aromatic rings. The fraction of sp³-hybridized carbons (Fsp3) is 0.235.